The standard InChI is InChI=1S/C6H13N.C2H6/c1-6-3-4-7(2)5-6;1-2/h6-7H,2-5H2,1H3;1-2H3. The predicted molar refractivity (Wildman–Crippen MR) is 41.2 cm³/mol. The molecule has 0 aromatic rings. The Labute approximate surface area is 59.1 Å². The molecule has 0 radical (unpaired) electrons. The first-order chi connectivity index (χ1) is 4.29. The molecule has 0 spiro atoms. The number of rotatable bonds is 0. The van der Waals surface area contributed by atoms with Crippen LogP contribution in [0.5, 0.6) is 0 Å². The van der Waals surface area contributed by atoms with Crippen molar-refractivity contribution in [3.05, 3.63) is 7.05 Å². The normalized spacial score (nSPS) is 33.3. The van der Waals surface area contributed by atoms with Crippen molar-refractivity contribution >= 4 is 0 Å². The van der Waals surface area contributed by atoms with Gasteiger partial charge in [0.2, 0.25) is 0 Å². The van der Waals surface area contributed by atoms with E-state index < -0.39 is 0 Å². The molecular formula is C8H19N. The highest BCUT2D eigenvalue weighted by Gasteiger charge is 2.13. The Bertz CT molecular complexity index is 53.6. The fourth-order valence-electron chi connectivity index (χ4n) is 1.15. The molecule has 1 heteroatoms. The molecule has 56 valence electrons. The van der Waals surface area contributed by atoms with Crippen molar-refractivity contribution in [2.45, 2.75) is 27.2 Å². The van der Waals surface area contributed by atoms with Crippen LogP contribution >= 0.6 is 0 Å². The van der Waals surface area contributed by atoms with Crippen LogP contribution in [0.4, 0.5) is 0 Å². The average molecular weight is 129 g/mol. The zero-order chi connectivity index (χ0) is 7.28. The third kappa shape index (κ3) is 3.52. The van der Waals surface area contributed by atoms with Gasteiger partial charge in [-0.3, -0.25) is 0 Å². The molecule has 1 N–H and O–H groups in total. The lowest BCUT2D eigenvalue weighted by Crippen LogP contribution is -3.04. The Balaban J connectivity index is 0.000000291. The summed E-state index contributed by atoms with van der Waals surface area (Å²) in [6.07, 6.45) is 1.37. The van der Waals surface area contributed by atoms with E-state index in [2.05, 4.69) is 14.0 Å². The highest BCUT2D eigenvalue weighted by molar-refractivity contribution is 4.54. The number of hydrogen-bond acceptors (Lipinski definition) is 0. The Morgan fingerprint density at radius 1 is 1.44 bits per heavy atom. The zero-order valence-electron chi connectivity index (χ0n) is 6.91. The quantitative estimate of drug-likeness (QED) is 0.460. The number of hydrogen-bond donors (Lipinski definition) is 1. The lowest BCUT2D eigenvalue weighted by atomic mass is 10.2. The molecule has 2 atom stereocenters. The second-order valence-electron chi connectivity index (χ2n) is 2.60. The minimum absolute atomic E-state index is 0.924. The number of likely N-dealkylation sites (tertiary alicyclic amines) is 1. The van der Waals surface area contributed by atoms with Gasteiger partial charge in [0.05, 0.1) is 13.1 Å². The summed E-state index contributed by atoms with van der Waals surface area (Å²) in [6.45, 7) is 8.85. The van der Waals surface area contributed by atoms with Crippen molar-refractivity contribution < 1.29 is 4.90 Å². The SMILES string of the molecule is CC.[CH2-][NH+]1CCC(C)C1. The maximum absolute atomic E-state index is 3.90. The van der Waals surface area contributed by atoms with E-state index in [1.54, 1.807) is 0 Å². The third-order valence-electron chi connectivity index (χ3n) is 1.63. The van der Waals surface area contributed by atoms with Gasteiger partial charge in [-0.1, -0.05) is 20.8 Å². The molecule has 1 heterocycles. The summed E-state index contributed by atoms with van der Waals surface area (Å²) >= 11 is 0. The van der Waals surface area contributed by atoms with Crippen LogP contribution in [-0.2, 0) is 0 Å². The molecule has 1 aliphatic heterocycles. The molecule has 0 aliphatic carbocycles. The van der Waals surface area contributed by atoms with Crippen molar-refractivity contribution in [1.82, 2.24) is 0 Å². The van der Waals surface area contributed by atoms with Gasteiger partial charge < -0.3 is 4.90 Å². The maximum Gasteiger partial charge on any atom is 0.0558 e. The first-order valence-corrected chi connectivity index (χ1v) is 3.95. The highest BCUT2D eigenvalue weighted by atomic mass is 15.1. The molecular weight excluding hydrogens is 110 g/mol. The summed E-state index contributed by atoms with van der Waals surface area (Å²) in [5.74, 6) is 0.924. The van der Waals surface area contributed by atoms with Crippen LogP contribution in [0.2, 0.25) is 0 Å². The van der Waals surface area contributed by atoms with E-state index in [-0.39, 0.29) is 0 Å². The van der Waals surface area contributed by atoms with Gasteiger partial charge in [0.15, 0.2) is 0 Å². The molecule has 1 aliphatic rings. The topological polar surface area (TPSA) is 4.44 Å². The lowest BCUT2D eigenvalue weighted by Gasteiger charge is -2.10. The molecule has 1 rings (SSSR count). The van der Waals surface area contributed by atoms with Crippen LogP contribution in [0.15, 0.2) is 0 Å². The summed E-state index contributed by atoms with van der Waals surface area (Å²) in [7, 11) is 3.90. The summed E-state index contributed by atoms with van der Waals surface area (Å²) in [5.41, 5.74) is 0. The lowest BCUT2D eigenvalue weighted by molar-refractivity contribution is -0.841. The molecule has 2 unspecified atom stereocenters. The summed E-state index contributed by atoms with van der Waals surface area (Å²) in [6, 6.07) is 0. The summed E-state index contributed by atoms with van der Waals surface area (Å²) < 4.78 is 0. The Morgan fingerprint density at radius 2 is 2.00 bits per heavy atom. The van der Waals surface area contributed by atoms with Crippen molar-refractivity contribution in [1.29, 1.82) is 0 Å². The van der Waals surface area contributed by atoms with Gasteiger partial charge in [0, 0.05) is 12.3 Å². The second-order valence-corrected chi connectivity index (χ2v) is 2.60. The zero-order valence-corrected chi connectivity index (χ0v) is 6.91. The molecule has 0 saturated carbocycles. The van der Waals surface area contributed by atoms with Gasteiger partial charge in [0.1, 0.15) is 0 Å². The van der Waals surface area contributed by atoms with Gasteiger partial charge in [-0.05, 0) is 0 Å². The van der Waals surface area contributed by atoms with E-state index in [1.807, 2.05) is 13.8 Å². The molecule has 9 heavy (non-hydrogen) atoms. The average Bonchev–Trinajstić information content (AvgIpc) is 2.20. The van der Waals surface area contributed by atoms with Crippen LogP contribution in [0.3, 0.4) is 0 Å². The maximum atomic E-state index is 3.90. The van der Waals surface area contributed by atoms with Crippen LogP contribution in [0, 0.1) is 13.0 Å². The highest BCUT2D eigenvalue weighted by Crippen LogP contribution is 1.99. The van der Waals surface area contributed by atoms with Crippen LogP contribution in [0.1, 0.15) is 27.2 Å². The van der Waals surface area contributed by atoms with Gasteiger partial charge in [-0.15, -0.1) is 0 Å². The molecule has 0 bridgehead atoms. The molecule has 0 amide bonds. The fraction of sp³-hybridized carbons (Fsp3) is 0.875. The number of quaternary nitrogens is 1. The molecule has 0 aromatic heterocycles. The number of nitrogens with one attached hydrogen (secondary N) is 1. The minimum atomic E-state index is 0.924. The van der Waals surface area contributed by atoms with Crippen molar-refractivity contribution in [3.63, 3.8) is 0 Å². The van der Waals surface area contributed by atoms with Crippen LogP contribution in [0.25, 0.3) is 0 Å². The van der Waals surface area contributed by atoms with E-state index >= 15 is 0 Å². The Hall–Kier alpha value is -0.0400. The van der Waals surface area contributed by atoms with Gasteiger partial charge >= 0.3 is 0 Å². The van der Waals surface area contributed by atoms with Gasteiger partial charge in [-0.2, -0.15) is 7.05 Å². The summed E-state index contributed by atoms with van der Waals surface area (Å²) in [5, 5.41) is 0. The predicted octanol–water partition coefficient (Wildman–Crippen LogP) is 0.729. The van der Waals surface area contributed by atoms with E-state index in [4.69, 9.17) is 0 Å². The molecule has 1 fully saturated rings. The van der Waals surface area contributed by atoms with E-state index in [1.165, 1.54) is 24.4 Å². The molecule has 0 aromatic carbocycles. The monoisotopic (exact) mass is 129 g/mol. The van der Waals surface area contributed by atoms with Crippen molar-refractivity contribution in [2.24, 2.45) is 5.92 Å². The molecule has 1 saturated heterocycles. The first-order valence-electron chi connectivity index (χ1n) is 3.95. The van der Waals surface area contributed by atoms with E-state index in [0.717, 1.165) is 5.92 Å². The second kappa shape index (κ2) is 4.80. The van der Waals surface area contributed by atoms with Crippen LogP contribution in [-0.4, -0.2) is 13.1 Å². The van der Waals surface area contributed by atoms with Crippen molar-refractivity contribution in [2.75, 3.05) is 13.1 Å². The summed E-state index contributed by atoms with van der Waals surface area (Å²) in [4.78, 5) is 1.45. The first kappa shape index (κ1) is 8.96. The largest absolute Gasteiger partial charge is 0.468 e. The van der Waals surface area contributed by atoms with E-state index in [9.17, 15) is 0 Å². The Kier molecular flexibility index (Phi) is 4.78. The van der Waals surface area contributed by atoms with E-state index in [0.29, 0.717) is 0 Å². The fourth-order valence-corrected chi connectivity index (χ4v) is 1.15. The smallest absolute Gasteiger partial charge is 0.0558 e. The molecule has 1 nitrogen and oxygen atoms in total. The van der Waals surface area contributed by atoms with Crippen molar-refractivity contribution in [3.8, 4) is 0 Å². The van der Waals surface area contributed by atoms with Gasteiger partial charge in [-0.25, -0.2) is 0 Å². The van der Waals surface area contributed by atoms with Crippen LogP contribution < -0.4 is 4.90 Å². The minimum Gasteiger partial charge on any atom is -0.468 e. The van der Waals surface area contributed by atoms with Gasteiger partial charge in [0.25, 0.3) is 0 Å². The third-order valence-corrected chi connectivity index (χ3v) is 1.63. The Morgan fingerprint density at radius 3 is 2.11 bits per heavy atom.